The molecule has 1 spiro atoms. The van der Waals surface area contributed by atoms with Gasteiger partial charge in [-0.25, -0.2) is 0 Å². The molecule has 0 saturated carbocycles. The van der Waals surface area contributed by atoms with E-state index in [0.717, 1.165) is 6.54 Å². The Morgan fingerprint density at radius 1 is 0.967 bits per heavy atom. The molecule has 332 valence electrons. The second kappa shape index (κ2) is 17.5. The number of fused-ring (bicyclic) bond motifs is 1. The Morgan fingerprint density at radius 3 is 2.25 bits per heavy atom. The predicted molar refractivity (Wildman–Crippen MR) is 228 cm³/mol. The lowest BCUT2D eigenvalue weighted by atomic mass is 9.78. The summed E-state index contributed by atoms with van der Waals surface area (Å²) < 4.78 is 24.0. The minimum atomic E-state index is -1.96. The van der Waals surface area contributed by atoms with Gasteiger partial charge in [0.2, 0.25) is 0 Å². The van der Waals surface area contributed by atoms with E-state index in [1.165, 1.54) is 27.2 Å². The number of ketones is 1. The average Bonchev–Trinajstić information content (AvgIpc) is 3.71. The number of esters is 1. The first-order valence-corrected chi connectivity index (χ1v) is 21.2. The molecule has 4 bridgehead atoms. The van der Waals surface area contributed by atoms with E-state index in [2.05, 4.69) is 24.1 Å². The molecule has 9 atom stereocenters. The zero-order chi connectivity index (χ0) is 44.9. The summed E-state index contributed by atoms with van der Waals surface area (Å²) in [5.74, 6) is -6.44. The van der Waals surface area contributed by atoms with E-state index in [-0.39, 0.29) is 55.4 Å². The van der Waals surface area contributed by atoms with E-state index in [9.17, 15) is 34.8 Å². The van der Waals surface area contributed by atoms with E-state index in [1.807, 2.05) is 0 Å². The van der Waals surface area contributed by atoms with Gasteiger partial charge < -0.3 is 49.6 Å². The number of nitrogens with zero attached hydrogens (tertiary/aromatic N) is 3. The van der Waals surface area contributed by atoms with Crippen molar-refractivity contribution in [3.05, 3.63) is 58.0 Å². The number of aromatic hydroxyl groups is 2. The van der Waals surface area contributed by atoms with Crippen LogP contribution in [0.3, 0.4) is 0 Å². The van der Waals surface area contributed by atoms with Crippen LogP contribution in [-0.2, 0) is 23.8 Å². The number of amides is 1. The smallest absolute Gasteiger partial charge is 0.312 e. The molecule has 4 aliphatic heterocycles. The van der Waals surface area contributed by atoms with Crippen LogP contribution in [0.5, 0.6) is 17.2 Å². The Kier molecular flexibility index (Phi) is 13.1. The molecule has 1 saturated heterocycles. The summed E-state index contributed by atoms with van der Waals surface area (Å²) in [6, 6.07) is 0. The standard InChI is InChI=1S/C46H62N4O11/c1-22(2)21-50-18-16-46(17-19-50)48-34-31-32-39(54)28(8)42-33(31)43(56)45(10,61-42)59-20-15-30(58-11)25(5)41(60-29(9)51)27(7)38(53)26(6)37(52)23(3)13-12-14-24(4)44(57)47-36(40(32)55)35(34)49-46/h12-15,20,22-23,25-27,30,37-38,41,52-55H,16-19,21H2,1-11H3,(H,47,57)/b13-12-,20-15-,24-14-/t23-,25+,26-,27-,30+,37-,38-,41+,45-/m1/s1. The number of aliphatic hydroxyl groups excluding tert-OH is 2. The van der Waals surface area contributed by atoms with Gasteiger partial charge in [0, 0.05) is 93.6 Å². The second-order valence-corrected chi connectivity index (χ2v) is 18.0. The van der Waals surface area contributed by atoms with Crippen LogP contribution in [-0.4, -0.2) is 106 Å². The SMILES string of the molecule is CO[C@H]1/C=C\O[C@]2(C)Oc3c(C)c(O)c4c(O)c(c5c(c4c3C2=O)=NC2(CCN(CC(C)C)CC2)N=5)NC(=O)/C(C)=C\C=C/[C@@H](C)[C@@H](O)[C@@H](C)[C@@H](O)[C@@H](C)[C@@H](OC(C)=O)[C@H]1C. The molecule has 15 nitrogen and oxygen atoms in total. The Labute approximate surface area is 356 Å². The van der Waals surface area contributed by atoms with E-state index in [4.69, 9.17) is 28.9 Å². The highest BCUT2D eigenvalue weighted by Crippen LogP contribution is 2.50. The number of ether oxygens (including phenoxy) is 4. The molecule has 4 heterocycles. The van der Waals surface area contributed by atoms with Crippen LogP contribution in [0, 0.1) is 36.5 Å². The molecule has 0 radical (unpaired) electrons. The maximum absolute atomic E-state index is 14.7. The third-order valence-corrected chi connectivity index (χ3v) is 12.9. The molecule has 1 fully saturated rings. The summed E-state index contributed by atoms with van der Waals surface area (Å²) >= 11 is 0. The number of benzene rings is 2. The van der Waals surface area contributed by atoms with Gasteiger partial charge in [-0.3, -0.25) is 24.4 Å². The molecule has 5 N–H and O–H groups in total. The lowest BCUT2D eigenvalue weighted by Gasteiger charge is -2.38. The van der Waals surface area contributed by atoms with Gasteiger partial charge in [0.1, 0.15) is 28.6 Å². The average molecular weight is 847 g/mol. The lowest BCUT2D eigenvalue weighted by molar-refractivity contribution is -0.160. The van der Waals surface area contributed by atoms with Crippen molar-refractivity contribution in [2.75, 3.05) is 32.1 Å². The topological polar surface area (TPSA) is 209 Å². The number of anilines is 1. The first-order valence-electron chi connectivity index (χ1n) is 21.2. The van der Waals surface area contributed by atoms with Crippen LogP contribution in [0.2, 0.25) is 0 Å². The molecule has 15 heteroatoms. The number of piperidine rings is 1. The fourth-order valence-corrected chi connectivity index (χ4v) is 9.20. The summed E-state index contributed by atoms with van der Waals surface area (Å²) in [6.07, 6.45) is 5.04. The highest BCUT2D eigenvalue weighted by Gasteiger charge is 2.50. The number of allylic oxidation sites excluding steroid dienone is 2. The first-order chi connectivity index (χ1) is 28.6. The van der Waals surface area contributed by atoms with Gasteiger partial charge in [0.05, 0.1) is 40.9 Å². The number of nitrogens with one attached hydrogen (secondary N) is 1. The number of hydrogen-bond donors (Lipinski definition) is 5. The quantitative estimate of drug-likeness (QED) is 0.209. The zero-order valence-corrected chi connectivity index (χ0v) is 37.1. The van der Waals surface area contributed by atoms with Crippen LogP contribution in [0.25, 0.3) is 10.8 Å². The van der Waals surface area contributed by atoms with Crippen LogP contribution in [0.4, 0.5) is 5.69 Å². The minimum Gasteiger partial charge on any atom is -0.507 e. The van der Waals surface area contributed by atoms with Gasteiger partial charge in [-0.15, -0.1) is 0 Å². The highest BCUT2D eigenvalue weighted by atomic mass is 16.7. The van der Waals surface area contributed by atoms with Gasteiger partial charge in [0.15, 0.2) is 11.4 Å². The van der Waals surface area contributed by atoms with Gasteiger partial charge >= 0.3 is 11.8 Å². The van der Waals surface area contributed by atoms with Gasteiger partial charge in [-0.2, -0.15) is 0 Å². The Balaban J connectivity index is 1.54. The van der Waals surface area contributed by atoms with Crippen molar-refractivity contribution in [1.82, 2.24) is 4.90 Å². The maximum Gasteiger partial charge on any atom is 0.312 e. The van der Waals surface area contributed by atoms with Gasteiger partial charge in [-0.05, 0) is 25.8 Å². The molecule has 1 amide bonds. The molecule has 2 aromatic rings. The Hall–Kier alpha value is -4.83. The number of hydrogen-bond acceptors (Lipinski definition) is 14. The molecule has 6 rings (SSSR count). The van der Waals surface area contributed by atoms with Crippen molar-refractivity contribution in [2.24, 2.45) is 39.6 Å². The summed E-state index contributed by atoms with van der Waals surface area (Å²) in [4.78, 5) is 53.7. The number of methoxy groups -OCH3 is 1. The molecule has 61 heavy (non-hydrogen) atoms. The molecule has 0 aliphatic carbocycles. The monoisotopic (exact) mass is 846 g/mol. The number of carbonyl (C=O) groups is 3. The van der Waals surface area contributed by atoms with E-state index >= 15 is 0 Å². The van der Waals surface area contributed by atoms with Gasteiger partial charge in [0.25, 0.3) is 11.7 Å². The maximum atomic E-state index is 14.7. The van der Waals surface area contributed by atoms with Crippen molar-refractivity contribution in [3.8, 4) is 17.2 Å². The van der Waals surface area contributed by atoms with Crippen LogP contribution >= 0.6 is 0 Å². The molecular formula is C46H62N4O11. The largest absolute Gasteiger partial charge is 0.507 e. The van der Waals surface area contributed by atoms with Crippen molar-refractivity contribution < 1.29 is 53.8 Å². The summed E-state index contributed by atoms with van der Waals surface area (Å²) in [7, 11) is 1.47. The van der Waals surface area contributed by atoms with Crippen LogP contribution in [0.1, 0.15) is 91.1 Å². The molecule has 2 aromatic carbocycles. The fraction of sp³-hybridized carbons (Fsp3) is 0.587. The normalized spacial score (nSPS) is 32.7. The number of likely N-dealkylation sites (tertiary alicyclic amines) is 1. The van der Waals surface area contributed by atoms with Gasteiger partial charge in [-0.1, -0.05) is 59.8 Å². The van der Waals surface area contributed by atoms with Crippen LogP contribution in [0.15, 0.2) is 46.1 Å². The lowest BCUT2D eigenvalue weighted by Crippen LogP contribution is -2.46. The van der Waals surface area contributed by atoms with Crippen molar-refractivity contribution >= 4 is 34.1 Å². The predicted octanol–water partition coefficient (Wildman–Crippen LogP) is 4.75. The summed E-state index contributed by atoms with van der Waals surface area (Å²) in [5, 5.41) is 50.2. The van der Waals surface area contributed by atoms with E-state index in [1.54, 1.807) is 65.8 Å². The number of phenols is 2. The van der Waals surface area contributed by atoms with Crippen molar-refractivity contribution in [1.29, 1.82) is 0 Å². The molecule has 0 aromatic heterocycles. The highest BCUT2D eigenvalue weighted by molar-refractivity contribution is 6.19. The third-order valence-electron chi connectivity index (χ3n) is 12.9. The third kappa shape index (κ3) is 8.54. The Morgan fingerprint density at radius 2 is 1.62 bits per heavy atom. The van der Waals surface area contributed by atoms with Crippen molar-refractivity contribution in [2.45, 2.75) is 118 Å². The summed E-state index contributed by atoms with van der Waals surface area (Å²) in [5.41, 5.74) is -0.572. The van der Waals surface area contributed by atoms with Crippen molar-refractivity contribution in [3.63, 3.8) is 0 Å². The fourth-order valence-electron chi connectivity index (χ4n) is 9.20. The molecular weight excluding hydrogens is 785 g/mol. The molecule has 4 aliphatic rings. The molecule has 0 unspecified atom stereocenters. The van der Waals surface area contributed by atoms with E-state index < -0.39 is 82.9 Å². The Bertz CT molecular complexity index is 2300. The zero-order valence-electron chi connectivity index (χ0n) is 37.1. The number of rotatable bonds is 4. The summed E-state index contributed by atoms with van der Waals surface area (Å²) in [6.45, 7) is 19.5. The first kappa shape index (κ1) is 45.7. The van der Waals surface area contributed by atoms with Crippen LogP contribution < -0.4 is 20.8 Å². The number of carbonyl (C=O) groups excluding carboxylic acids is 3. The minimum absolute atomic E-state index is 0.0364. The number of phenolic OH excluding ortho intramolecular Hbond substituents is 2. The number of Topliss-reactive ketones (excluding diaryl/α,β-unsaturated/α-hetero) is 1. The van der Waals surface area contributed by atoms with E-state index in [0.29, 0.717) is 31.8 Å². The second-order valence-electron chi connectivity index (χ2n) is 18.0. The number of aliphatic hydroxyl groups is 2.